The van der Waals surface area contributed by atoms with Crippen molar-refractivity contribution in [3.05, 3.63) is 41.7 Å². The molecule has 7 heteroatoms. The van der Waals surface area contributed by atoms with E-state index >= 15 is 0 Å². The van der Waals surface area contributed by atoms with Crippen LogP contribution in [0.2, 0.25) is 19.6 Å². The summed E-state index contributed by atoms with van der Waals surface area (Å²) in [6, 6.07) is 7.38. The Balaban J connectivity index is 2.25. The molecular formula is C26H32N2O4Si. The Hall–Kier alpha value is -3.11. The van der Waals surface area contributed by atoms with E-state index in [0.717, 1.165) is 10.9 Å². The largest absolute Gasteiger partial charge is 0.455 e. The second-order valence-corrected chi connectivity index (χ2v) is 15.9. The molecule has 174 valence electrons. The van der Waals surface area contributed by atoms with E-state index in [1.807, 2.05) is 39.0 Å². The van der Waals surface area contributed by atoms with Crippen molar-refractivity contribution in [2.75, 3.05) is 0 Å². The fourth-order valence-corrected chi connectivity index (χ4v) is 3.72. The minimum atomic E-state index is -1.56. The average molecular weight is 465 g/mol. The van der Waals surface area contributed by atoms with Gasteiger partial charge in [0.05, 0.1) is 17.2 Å². The molecule has 0 fully saturated rings. The van der Waals surface area contributed by atoms with Gasteiger partial charge in [-0.1, -0.05) is 25.6 Å². The number of hydrogen-bond acceptors (Lipinski definition) is 5. The van der Waals surface area contributed by atoms with E-state index < -0.39 is 31.3 Å². The minimum absolute atomic E-state index is 0.180. The number of nitrogens with zero attached hydrogens (tertiary/aromatic N) is 2. The molecule has 3 aromatic rings. The first-order valence-electron chi connectivity index (χ1n) is 11.0. The molecule has 0 radical (unpaired) electrons. The Bertz CT molecular complexity index is 1310. The van der Waals surface area contributed by atoms with Gasteiger partial charge in [-0.2, -0.15) is 0 Å². The lowest BCUT2D eigenvalue weighted by Gasteiger charge is -2.20. The van der Waals surface area contributed by atoms with Gasteiger partial charge in [-0.25, -0.2) is 19.1 Å². The van der Waals surface area contributed by atoms with E-state index in [-0.39, 0.29) is 5.69 Å². The third kappa shape index (κ3) is 6.02. The van der Waals surface area contributed by atoms with Gasteiger partial charge in [0.1, 0.15) is 25.0 Å². The van der Waals surface area contributed by atoms with Gasteiger partial charge in [0.15, 0.2) is 0 Å². The van der Waals surface area contributed by atoms with E-state index in [1.165, 1.54) is 10.8 Å². The molecule has 0 spiro atoms. The Kier molecular flexibility index (Phi) is 6.20. The number of carbonyl (C=O) groups is 2. The van der Waals surface area contributed by atoms with Crippen molar-refractivity contribution in [1.29, 1.82) is 0 Å². The highest BCUT2D eigenvalue weighted by molar-refractivity contribution is 6.83. The Morgan fingerprint density at radius 1 is 0.909 bits per heavy atom. The summed E-state index contributed by atoms with van der Waals surface area (Å²) < 4.78 is 12.6. The summed E-state index contributed by atoms with van der Waals surface area (Å²) in [6.07, 6.45) is 1.02. The molecule has 0 N–H and O–H groups in total. The third-order valence-corrected chi connectivity index (χ3v) is 5.29. The molecule has 0 amide bonds. The molecule has 0 aliphatic rings. The summed E-state index contributed by atoms with van der Waals surface area (Å²) >= 11 is 0. The summed E-state index contributed by atoms with van der Waals surface area (Å²) in [4.78, 5) is 30.0. The Labute approximate surface area is 196 Å². The predicted molar refractivity (Wildman–Crippen MR) is 134 cm³/mol. The number of fused-ring (bicyclic) bond motifs is 3. The molecule has 0 bridgehead atoms. The topological polar surface area (TPSA) is 70.4 Å². The lowest BCUT2D eigenvalue weighted by Crippen LogP contribution is -2.27. The van der Waals surface area contributed by atoms with E-state index in [2.05, 4.69) is 36.1 Å². The van der Waals surface area contributed by atoms with Gasteiger partial charge in [0.2, 0.25) is 0 Å². The van der Waals surface area contributed by atoms with Crippen molar-refractivity contribution in [3.63, 3.8) is 0 Å². The number of benzene rings is 1. The molecule has 1 aromatic carbocycles. The van der Waals surface area contributed by atoms with Crippen molar-refractivity contribution in [2.24, 2.45) is 0 Å². The van der Waals surface area contributed by atoms with Gasteiger partial charge in [-0.3, -0.25) is 0 Å². The quantitative estimate of drug-likeness (QED) is 0.245. The van der Waals surface area contributed by atoms with Crippen molar-refractivity contribution in [1.82, 2.24) is 9.55 Å². The molecule has 33 heavy (non-hydrogen) atoms. The van der Waals surface area contributed by atoms with E-state index in [4.69, 9.17) is 9.47 Å². The van der Waals surface area contributed by atoms with Crippen molar-refractivity contribution >= 4 is 41.9 Å². The van der Waals surface area contributed by atoms with Gasteiger partial charge < -0.3 is 9.47 Å². The monoisotopic (exact) mass is 464 g/mol. The van der Waals surface area contributed by atoms with E-state index in [9.17, 15) is 9.59 Å². The van der Waals surface area contributed by atoms with E-state index in [0.29, 0.717) is 16.4 Å². The van der Waals surface area contributed by atoms with Crippen LogP contribution in [0.15, 0.2) is 30.5 Å². The van der Waals surface area contributed by atoms with Crippen LogP contribution < -0.4 is 0 Å². The number of pyridine rings is 1. The SMILES string of the molecule is CC(C)(C)OC(=O)c1cc2c3cc(C#C[Si](C)(C)C)ccc3n(C(=O)OC(C)(C)C)c2cn1. The maximum Gasteiger partial charge on any atom is 0.419 e. The highest BCUT2D eigenvalue weighted by Gasteiger charge is 2.25. The van der Waals surface area contributed by atoms with E-state index in [1.54, 1.807) is 26.8 Å². The third-order valence-electron chi connectivity index (χ3n) is 4.42. The minimum Gasteiger partial charge on any atom is -0.455 e. The first-order chi connectivity index (χ1) is 15.0. The van der Waals surface area contributed by atoms with Crippen LogP contribution in [0.5, 0.6) is 0 Å². The lowest BCUT2D eigenvalue weighted by atomic mass is 10.1. The molecule has 0 saturated heterocycles. The molecule has 2 aromatic heterocycles. The van der Waals surface area contributed by atoms with Gasteiger partial charge in [0.25, 0.3) is 0 Å². The second kappa shape index (κ2) is 8.34. The molecule has 0 atom stereocenters. The van der Waals surface area contributed by atoms with Crippen LogP contribution >= 0.6 is 0 Å². The van der Waals surface area contributed by atoms with Crippen molar-refractivity contribution in [2.45, 2.75) is 72.4 Å². The first-order valence-corrected chi connectivity index (χ1v) is 14.5. The van der Waals surface area contributed by atoms with Crippen LogP contribution in [0.25, 0.3) is 21.8 Å². The maximum atomic E-state index is 13.1. The van der Waals surface area contributed by atoms with Crippen LogP contribution in [0, 0.1) is 11.5 Å². The average Bonchev–Trinajstić information content (AvgIpc) is 2.96. The number of esters is 1. The van der Waals surface area contributed by atoms with Crippen molar-refractivity contribution < 1.29 is 19.1 Å². The normalized spacial score (nSPS) is 12.4. The Morgan fingerprint density at radius 2 is 1.52 bits per heavy atom. The van der Waals surface area contributed by atoms with Crippen LogP contribution in [0.3, 0.4) is 0 Å². The highest BCUT2D eigenvalue weighted by Crippen LogP contribution is 2.31. The summed E-state index contributed by atoms with van der Waals surface area (Å²) in [5.74, 6) is 2.75. The van der Waals surface area contributed by atoms with Gasteiger partial charge in [-0.15, -0.1) is 5.54 Å². The second-order valence-electron chi connectivity index (χ2n) is 11.1. The van der Waals surface area contributed by atoms with Crippen LogP contribution in [-0.4, -0.2) is 40.9 Å². The van der Waals surface area contributed by atoms with Gasteiger partial charge in [-0.05, 0) is 65.8 Å². The number of hydrogen-bond donors (Lipinski definition) is 0. The molecule has 3 rings (SSSR count). The fourth-order valence-electron chi connectivity index (χ4n) is 3.20. The fraction of sp³-hybridized carbons (Fsp3) is 0.423. The zero-order chi connectivity index (χ0) is 24.8. The number of ether oxygens (including phenoxy) is 2. The first kappa shape index (κ1) is 24.5. The van der Waals surface area contributed by atoms with Crippen LogP contribution in [0.4, 0.5) is 4.79 Å². The van der Waals surface area contributed by atoms with Crippen molar-refractivity contribution in [3.8, 4) is 11.5 Å². The zero-order valence-electron chi connectivity index (χ0n) is 20.9. The zero-order valence-corrected chi connectivity index (χ0v) is 21.9. The van der Waals surface area contributed by atoms with Gasteiger partial charge >= 0.3 is 12.1 Å². The molecule has 0 aliphatic carbocycles. The molecule has 0 saturated carbocycles. The molecule has 2 heterocycles. The van der Waals surface area contributed by atoms with Gasteiger partial charge in [0, 0.05) is 16.3 Å². The smallest absolute Gasteiger partial charge is 0.419 e. The lowest BCUT2D eigenvalue weighted by molar-refractivity contribution is 0.00629. The van der Waals surface area contributed by atoms with Crippen LogP contribution in [-0.2, 0) is 9.47 Å². The molecular weight excluding hydrogens is 432 g/mol. The standard InChI is InChI=1S/C26H32N2O4Si/c1-25(2,3)31-23(29)20-15-19-18-14-17(12-13-33(7,8)9)10-11-21(18)28(22(19)16-27-20)24(30)32-26(4,5)6/h10-11,14-16H,1-9H3. The number of carbonyl (C=O) groups excluding carboxylic acids is 2. The Morgan fingerprint density at radius 3 is 2.09 bits per heavy atom. The summed E-state index contributed by atoms with van der Waals surface area (Å²) in [5.41, 5.74) is 4.33. The number of aromatic nitrogens is 2. The molecule has 0 aliphatic heterocycles. The van der Waals surface area contributed by atoms with Crippen LogP contribution in [0.1, 0.15) is 57.6 Å². The summed E-state index contributed by atoms with van der Waals surface area (Å²) in [7, 11) is -1.56. The maximum absolute atomic E-state index is 13.1. The highest BCUT2D eigenvalue weighted by atomic mass is 28.3. The summed E-state index contributed by atoms with van der Waals surface area (Å²) in [6.45, 7) is 17.4. The predicted octanol–water partition coefficient (Wildman–Crippen LogP) is 6.16. The molecule has 0 unspecified atom stereocenters. The summed E-state index contributed by atoms with van der Waals surface area (Å²) in [5, 5.41) is 1.51. The number of rotatable bonds is 1. The molecule has 6 nitrogen and oxygen atoms in total.